The van der Waals surface area contributed by atoms with Crippen molar-refractivity contribution in [3.8, 4) is 5.75 Å². The van der Waals surface area contributed by atoms with Gasteiger partial charge in [-0.05, 0) is 18.6 Å². The lowest BCUT2D eigenvalue weighted by Gasteiger charge is -2.28. The molecule has 0 aliphatic carbocycles. The zero-order chi connectivity index (χ0) is 15.3. The van der Waals surface area contributed by atoms with Crippen LogP contribution in [0.15, 0.2) is 37.1 Å². The number of ether oxygens (including phenoxy) is 1. The molecule has 108 valence electrons. The summed E-state index contributed by atoms with van der Waals surface area (Å²) in [6.07, 6.45) is 2.74. The second-order valence-corrected chi connectivity index (χ2v) is 4.07. The average Bonchev–Trinajstić information content (AvgIpc) is 2.47. The first-order valence-electron chi connectivity index (χ1n) is 5.98. The highest BCUT2D eigenvalue weighted by Gasteiger charge is 2.22. The van der Waals surface area contributed by atoms with Gasteiger partial charge in [0.1, 0.15) is 0 Å². The van der Waals surface area contributed by atoms with E-state index >= 15 is 0 Å². The predicted octanol–water partition coefficient (Wildman–Crippen LogP) is 2.00. The molecule has 0 bridgehead atoms. The van der Waals surface area contributed by atoms with Gasteiger partial charge in [-0.1, -0.05) is 19.2 Å². The van der Waals surface area contributed by atoms with Crippen molar-refractivity contribution >= 4 is 5.91 Å². The van der Waals surface area contributed by atoms with E-state index in [1.165, 1.54) is 30.5 Å². The molecule has 0 aromatic carbocycles. The van der Waals surface area contributed by atoms with Crippen LogP contribution in [0.1, 0.15) is 18.5 Å². The Bertz CT molecular complexity index is 531. The topological polar surface area (TPSA) is 54.5 Å². The number of rotatable bonds is 6. The van der Waals surface area contributed by atoms with Gasteiger partial charge in [0.2, 0.25) is 0 Å². The van der Waals surface area contributed by atoms with Crippen LogP contribution in [-0.4, -0.2) is 30.1 Å². The number of halogens is 1. The van der Waals surface area contributed by atoms with Crippen LogP contribution in [0.2, 0.25) is 0 Å². The summed E-state index contributed by atoms with van der Waals surface area (Å²) >= 11 is 0. The van der Waals surface area contributed by atoms with E-state index < -0.39 is 5.95 Å². The molecule has 0 aliphatic rings. The van der Waals surface area contributed by atoms with Gasteiger partial charge >= 0.3 is 0 Å². The molecule has 1 aromatic rings. The van der Waals surface area contributed by atoms with Crippen molar-refractivity contribution in [2.24, 2.45) is 0 Å². The van der Waals surface area contributed by atoms with Crippen LogP contribution in [0.25, 0.3) is 0 Å². The van der Waals surface area contributed by atoms with Crippen LogP contribution in [0.3, 0.4) is 0 Å². The molecule has 20 heavy (non-hydrogen) atoms. The van der Waals surface area contributed by atoms with E-state index in [0.717, 1.165) is 0 Å². The Balaban J connectivity index is 3.08. The Hall–Kier alpha value is -2.21. The third kappa shape index (κ3) is 3.21. The summed E-state index contributed by atoms with van der Waals surface area (Å²) in [6, 6.07) is 1.12. The monoisotopic (exact) mass is 279 g/mol. The van der Waals surface area contributed by atoms with E-state index in [2.05, 4.69) is 23.6 Å². The number of hydrogen-bond donors (Lipinski definition) is 1. The van der Waals surface area contributed by atoms with Gasteiger partial charge in [-0.2, -0.15) is 4.39 Å². The van der Waals surface area contributed by atoms with Crippen LogP contribution in [0, 0.1) is 5.95 Å². The number of carbonyl (C=O) groups is 1. The molecular formula is C14H18FN3O2. The highest BCUT2D eigenvalue weighted by molar-refractivity contribution is 5.95. The third-order valence-corrected chi connectivity index (χ3v) is 2.90. The molecule has 6 heteroatoms. The summed E-state index contributed by atoms with van der Waals surface area (Å²) < 4.78 is 18.2. The molecule has 1 aromatic heterocycles. The number of hydrogen-bond acceptors (Lipinski definition) is 4. The minimum absolute atomic E-state index is 0.0281. The molecule has 0 saturated heterocycles. The number of aromatic nitrogens is 1. The molecule has 0 fully saturated rings. The average molecular weight is 279 g/mol. The molecule has 0 saturated carbocycles. The van der Waals surface area contributed by atoms with E-state index in [0.29, 0.717) is 5.56 Å². The van der Waals surface area contributed by atoms with Crippen LogP contribution < -0.4 is 10.2 Å². The van der Waals surface area contributed by atoms with Crippen LogP contribution in [-0.2, 0) is 4.79 Å². The first-order chi connectivity index (χ1) is 9.46. The van der Waals surface area contributed by atoms with E-state index in [1.807, 2.05) is 0 Å². The summed E-state index contributed by atoms with van der Waals surface area (Å²) in [6.45, 7) is 8.91. The van der Waals surface area contributed by atoms with Crippen LogP contribution in [0.4, 0.5) is 4.39 Å². The molecule has 1 unspecified atom stereocenters. The highest BCUT2D eigenvalue weighted by atomic mass is 19.1. The maximum atomic E-state index is 13.3. The van der Waals surface area contributed by atoms with Crippen molar-refractivity contribution in [2.75, 3.05) is 14.2 Å². The van der Waals surface area contributed by atoms with Crippen molar-refractivity contribution < 1.29 is 13.9 Å². The zero-order valence-electron chi connectivity index (χ0n) is 11.8. The molecule has 0 radical (unpaired) electrons. The number of methoxy groups -OCH3 is 1. The smallest absolute Gasteiger partial charge is 0.267 e. The number of pyridine rings is 1. The number of hydrazine groups is 1. The number of nitrogens with zero attached hydrogens (tertiary/aromatic N) is 2. The maximum Gasteiger partial charge on any atom is 0.267 e. The Morgan fingerprint density at radius 1 is 1.65 bits per heavy atom. The van der Waals surface area contributed by atoms with Crippen molar-refractivity contribution in [3.05, 3.63) is 48.6 Å². The quantitative estimate of drug-likeness (QED) is 0.374. The Labute approximate surface area is 117 Å². The third-order valence-electron chi connectivity index (χ3n) is 2.90. The lowest BCUT2D eigenvalue weighted by atomic mass is 10.1. The molecule has 5 nitrogen and oxygen atoms in total. The fraction of sp³-hybridized carbons (Fsp3) is 0.286. The van der Waals surface area contributed by atoms with Crippen molar-refractivity contribution in [3.63, 3.8) is 0 Å². The van der Waals surface area contributed by atoms with E-state index in [1.54, 1.807) is 14.0 Å². The minimum Gasteiger partial charge on any atom is -0.492 e. The normalized spacial score (nSPS) is 11.6. The Kier molecular flexibility index (Phi) is 5.40. The summed E-state index contributed by atoms with van der Waals surface area (Å²) in [4.78, 5) is 15.7. The summed E-state index contributed by atoms with van der Waals surface area (Å²) in [5.41, 5.74) is 3.67. The van der Waals surface area contributed by atoms with Gasteiger partial charge in [-0.15, -0.1) is 0 Å². The van der Waals surface area contributed by atoms with Gasteiger partial charge in [-0.3, -0.25) is 9.80 Å². The van der Waals surface area contributed by atoms with Gasteiger partial charge in [-0.25, -0.2) is 10.4 Å². The Morgan fingerprint density at radius 3 is 2.80 bits per heavy atom. The van der Waals surface area contributed by atoms with Crippen LogP contribution >= 0.6 is 0 Å². The van der Waals surface area contributed by atoms with Gasteiger partial charge in [0, 0.05) is 18.8 Å². The van der Waals surface area contributed by atoms with Crippen LogP contribution in [0.5, 0.6) is 5.75 Å². The molecule has 1 rings (SSSR count). The number of nitrogens with one attached hydrogen (secondary N) is 1. The Morgan fingerprint density at radius 2 is 2.30 bits per heavy atom. The van der Waals surface area contributed by atoms with E-state index in [-0.39, 0.29) is 23.3 Å². The molecule has 1 amide bonds. The largest absolute Gasteiger partial charge is 0.492 e. The second kappa shape index (κ2) is 6.81. The van der Waals surface area contributed by atoms with E-state index in [9.17, 15) is 9.18 Å². The first-order valence-corrected chi connectivity index (χ1v) is 5.98. The summed E-state index contributed by atoms with van der Waals surface area (Å²) in [7, 11) is 2.97. The van der Waals surface area contributed by atoms with Gasteiger partial charge in [0.25, 0.3) is 11.9 Å². The molecule has 1 heterocycles. The second-order valence-electron chi connectivity index (χ2n) is 4.07. The predicted molar refractivity (Wildman–Crippen MR) is 74.4 cm³/mol. The lowest BCUT2D eigenvalue weighted by Crippen LogP contribution is -2.42. The molecule has 0 aliphatic heterocycles. The highest BCUT2D eigenvalue weighted by Crippen LogP contribution is 2.24. The van der Waals surface area contributed by atoms with Gasteiger partial charge in [0.05, 0.1) is 13.2 Å². The minimum atomic E-state index is -0.693. The number of amides is 1. The molecule has 1 N–H and O–H groups in total. The summed E-state index contributed by atoms with van der Waals surface area (Å²) in [5, 5.41) is 1.36. The fourth-order valence-electron chi connectivity index (χ4n) is 1.68. The molecule has 0 spiro atoms. The van der Waals surface area contributed by atoms with Crippen molar-refractivity contribution in [1.82, 2.24) is 15.4 Å². The maximum absolute atomic E-state index is 13.3. The first kappa shape index (κ1) is 15.8. The van der Waals surface area contributed by atoms with Gasteiger partial charge < -0.3 is 4.74 Å². The number of carbonyl (C=O) groups excluding carboxylic acids is 1. The zero-order valence-corrected chi connectivity index (χ0v) is 11.8. The SMILES string of the molecule is C=CC(=C)C(=O)N(NC)C(C)c1cnc(F)c(OC)c1. The van der Waals surface area contributed by atoms with E-state index in [4.69, 9.17) is 4.74 Å². The molecule has 1 atom stereocenters. The molecular weight excluding hydrogens is 261 g/mol. The standard InChI is InChI=1S/C14H18FN3O2/c1-6-9(2)14(19)18(16-4)10(3)11-7-12(20-5)13(15)17-8-11/h6-8,10,16H,1-2H2,3-5H3. The lowest BCUT2D eigenvalue weighted by molar-refractivity contribution is -0.132. The van der Waals surface area contributed by atoms with Gasteiger partial charge in [0.15, 0.2) is 5.75 Å². The van der Waals surface area contributed by atoms with Crippen molar-refractivity contribution in [1.29, 1.82) is 0 Å². The fourth-order valence-corrected chi connectivity index (χ4v) is 1.68. The van der Waals surface area contributed by atoms with Crippen molar-refractivity contribution in [2.45, 2.75) is 13.0 Å². The summed E-state index contributed by atoms with van der Waals surface area (Å²) in [5.74, 6) is -0.986.